The molecule has 0 heterocycles. The lowest BCUT2D eigenvalue weighted by atomic mass is 10.0. The van der Waals surface area contributed by atoms with Crippen molar-refractivity contribution in [3.63, 3.8) is 0 Å². The first-order valence-corrected chi connectivity index (χ1v) is 6.95. The molecule has 0 aliphatic rings. The molecular formula is C17H18N2O3. The van der Waals surface area contributed by atoms with Gasteiger partial charge in [-0.1, -0.05) is 60.7 Å². The predicted molar refractivity (Wildman–Crippen MR) is 83.1 cm³/mol. The van der Waals surface area contributed by atoms with Crippen molar-refractivity contribution < 1.29 is 14.7 Å². The fraction of sp³-hybridized carbons (Fsp3) is 0.176. The second-order valence-corrected chi connectivity index (χ2v) is 4.99. The molecule has 2 atom stereocenters. The van der Waals surface area contributed by atoms with Gasteiger partial charge in [-0.05, 0) is 17.5 Å². The third-order valence-corrected chi connectivity index (χ3v) is 3.30. The smallest absolute Gasteiger partial charge is 0.330 e. The van der Waals surface area contributed by atoms with Crippen LogP contribution in [0.1, 0.15) is 17.2 Å². The maximum atomic E-state index is 12.1. The third-order valence-electron chi connectivity index (χ3n) is 3.30. The second-order valence-electron chi connectivity index (χ2n) is 4.99. The third kappa shape index (κ3) is 4.17. The van der Waals surface area contributed by atoms with Crippen LogP contribution in [0.4, 0.5) is 0 Å². The molecule has 0 fully saturated rings. The van der Waals surface area contributed by atoms with Crippen LogP contribution in [0.25, 0.3) is 0 Å². The minimum absolute atomic E-state index is 0.355. The zero-order valence-electron chi connectivity index (χ0n) is 12.0. The molecule has 5 heteroatoms. The van der Waals surface area contributed by atoms with Crippen molar-refractivity contribution in [3.05, 3.63) is 71.8 Å². The number of carboxylic acids is 1. The number of benzene rings is 2. The van der Waals surface area contributed by atoms with Gasteiger partial charge in [-0.15, -0.1) is 0 Å². The van der Waals surface area contributed by atoms with Gasteiger partial charge in [-0.2, -0.15) is 0 Å². The first kappa shape index (κ1) is 15.7. The van der Waals surface area contributed by atoms with E-state index >= 15 is 0 Å². The molecule has 0 saturated carbocycles. The van der Waals surface area contributed by atoms with Crippen LogP contribution in [-0.2, 0) is 16.0 Å². The number of rotatable bonds is 6. The summed E-state index contributed by atoms with van der Waals surface area (Å²) in [6.45, 7) is 0. The Labute approximate surface area is 128 Å². The van der Waals surface area contributed by atoms with Crippen molar-refractivity contribution in [2.24, 2.45) is 5.73 Å². The Kier molecular flexibility index (Phi) is 5.27. The number of nitrogens with two attached hydrogens (primary N) is 1. The molecule has 2 aromatic carbocycles. The Morgan fingerprint density at radius 2 is 1.55 bits per heavy atom. The summed E-state index contributed by atoms with van der Waals surface area (Å²) in [6, 6.07) is 16.0. The van der Waals surface area contributed by atoms with Crippen LogP contribution in [0.2, 0.25) is 0 Å². The number of carbonyl (C=O) groups excluding carboxylic acids is 1. The minimum atomic E-state index is -1.12. The molecule has 0 aromatic heterocycles. The van der Waals surface area contributed by atoms with Crippen LogP contribution < -0.4 is 11.1 Å². The van der Waals surface area contributed by atoms with Crippen molar-refractivity contribution in [3.8, 4) is 0 Å². The maximum absolute atomic E-state index is 12.1. The summed E-state index contributed by atoms with van der Waals surface area (Å²) in [5, 5.41) is 11.8. The molecule has 2 rings (SSSR count). The quantitative estimate of drug-likeness (QED) is 0.753. The molecule has 0 spiro atoms. The van der Waals surface area contributed by atoms with Gasteiger partial charge < -0.3 is 16.2 Å². The number of carboxylic acid groups (broad SMARTS) is 1. The highest BCUT2D eigenvalue weighted by Crippen LogP contribution is 2.13. The van der Waals surface area contributed by atoms with E-state index in [1.54, 1.807) is 30.3 Å². The Morgan fingerprint density at radius 1 is 1.00 bits per heavy atom. The van der Waals surface area contributed by atoms with Crippen LogP contribution in [0.15, 0.2) is 60.7 Å². The average molecular weight is 298 g/mol. The molecule has 0 aliphatic carbocycles. The molecule has 114 valence electrons. The lowest BCUT2D eigenvalue weighted by Crippen LogP contribution is -2.45. The van der Waals surface area contributed by atoms with Crippen LogP contribution in [0, 0.1) is 0 Å². The molecule has 0 radical (unpaired) electrons. The summed E-state index contributed by atoms with van der Waals surface area (Å²) in [5.74, 6) is -1.61. The summed E-state index contributed by atoms with van der Waals surface area (Å²) in [6.07, 6.45) is 0.355. The van der Waals surface area contributed by atoms with Crippen molar-refractivity contribution in [1.82, 2.24) is 5.32 Å². The van der Waals surface area contributed by atoms with E-state index in [0.29, 0.717) is 12.0 Å². The SMILES string of the molecule is N[C@@H](Cc1ccccc1)C(=O)N[C@@H](C(=O)O)c1ccccc1. The molecule has 22 heavy (non-hydrogen) atoms. The minimum Gasteiger partial charge on any atom is -0.479 e. The van der Waals surface area contributed by atoms with Gasteiger partial charge in [0.1, 0.15) is 0 Å². The first-order valence-electron chi connectivity index (χ1n) is 6.95. The van der Waals surface area contributed by atoms with E-state index in [2.05, 4.69) is 5.32 Å². The summed E-state index contributed by atoms with van der Waals surface area (Å²) in [7, 11) is 0. The largest absolute Gasteiger partial charge is 0.479 e. The molecular weight excluding hydrogens is 280 g/mol. The molecule has 0 saturated heterocycles. The fourth-order valence-corrected chi connectivity index (χ4v) is 2.14. The van der Waals surface area contributed by atoms with Gasteiger partial charge in [0.25, 0.3) is 0 Å². The summed E-state index contributed by atoms with van der Waals surface area (Å²) in [5.41, 5.74) is 7.31. The average Bonchev–Trinajstić information content (AvgIpc) is 2.53. The van der Waals surface area contributed by atoms with E-state index in [-0.39, 0.29) is 0 Å². The van der Waals surface area contributed by atoms with E-state index in [1.165, 1.54) is 0 Å². The number of amides is 1. The van der Waals surface area contributed by atoms with Crippen LogP contribution in [-0.4, -0.2) is 23.0 Å². The lowest BCUT2D eigenvalue weighted by Gasteiger charge is -2.18. The Morgan fingerprint density at radius 3 is 2.09 bits per heavy atom. The lowest BCUT2D eigenvalue weighted by molar-refractivity contribution is -0.142. The van der Waals surface area contributed by atoms with Crippen molar-refractivity contribution in [1.29, 1.82) is 0 Å². The highest BCUT2D eigenvalue weighted by Gasteiger charge is 2.24. The zero-order chi connectivity index (χ0) is 15.9. The van der Waals surface area contributed by atoms with E-state index in [9.17, 15) is 14.7 Å². The number of hydrogen-bond donors (Lipinski definition) is 3. The van der Waals surface area contributed by atoms with Gasteiger partial charge in [0.2, 0.25) is 5.91 Å². The van der Waals surface area contributed by atoms with Crippen molar-refractivity contribution in [2.75, 3.05) is 0 Å². The second kappa shape index (κ2) is 7.38. The fourth-order valence-electron chi connectivity index (χ4n) is 2.14. The van der Waals surface area contributed by atoms with Crippen LogP contribution in [0.5, 0.6) is 0 Å². The van der Waals surface area contributed by atoms with Gasteiger partial charge in [-0.25, -0.2) is 4.79 Å². The number of aliphatic carboxylic acids is 1. The van der Waals surface area contributed by atoms with E-state index in [1.807, 2.05) is 30.3 Å². The Balaban J connectivity index is 2.04. The molecule has 5 nitrogen and oxygen atoms in total. The van der Waals surface area contributed by atoms with E-state index < -0.39 is 24.0 Å². The van der Waals surface area contributed by atoms with E-state index in [4.69, 9.17) is 5.73 Å². The van der Waals surface area contributed by atoms with E-state index in [0.717, 1.165) is 5.56 Å². The molecule has 0 aliphatic heterocycles. The van der Waals surface area contributed by atoms with Gasteiger partial charge in [-0.3, -0.25) is 4.79 Å². The highest BCUT2D eigenvalue weighted by molar-refractivity contribution is 5.87. The molecule has 2 aromatic rings. The first-order chi connectivity index (χ1) is 10.6. The Hall–Kier alpha value is -2.66. The number of hydrogen-bond acceptors (Lipinski definition) is 3. The van der Waals surface area contributed by atoms with Crippen molar-refractivity contribution >= 4 is 11.9 Å². The Bertz CT molecular complexity index is 629. The van der Waals surface area contributed by atoms with Gasteiger partial charge in [0, 0.05) is 0 Å². The molecule has 4 N–H and O–H groups in total. The monoisotopic (exact) mass is 298 g/mol. The van der Waals surface area contributed by atoms with Crippen LogP contribution >= 0.6 is 0 Å². The standard InChI is InChI=1S/C17H18N2O3/c18-14(11-12-7-3-1-4-8-12)16(20)19-15(17(21)22)13-9-5-2-6-10-13/h1-10,14-15H,11,18H2,(H,19,20)(H,21,22)/t14-,15+/m0/s1. The summed E-state index contributed by atoms with van der Waals surface area (Å²) in [4.78, 5) is 23.5. The molecule has 0 bridgehead atoms. The molecule has 1 amide bonds. The number of nitrogens with one attached hydrogen (secondary N) is 1. The normalized spacial score (nSPS) is 13.1. The van der Waals surface area contributed by atoms with Gasteiger partial charge in [0.05, 0.1) is 6.04 Å². The summed E-state index contributed by atoms with van der Waals surface area (Å²) < 4.78 is 0. The van der Waals surface area contributed by atoms with Gasteiger partial charge in [0.15, 0.2) is 6.04 Å². The van der Waals surface area contributed by atoms with Crippen molar-refractivity contribution in [2.45, 2.75) is 18.5 Å². The maximum Gasteiger partial charge on any atom is 0.330 e. The number of carbonyl (C=O) groups is 2. The predicted octanol–water partition coefficient (Wildman–Crippen LogP) is 1.50. The van der Waals surface area contributed by atoms with Gasteiger partial charge >= 0.3 is 5.97 Å². The summed E-state index contributed by atoms with van der Waals surface area (Å²) >= 11 is 0. The van der Waals surface area contributed by atoms with Crippen LogP contribution in [0.3, 0.4) is 0 Å². The molecule has 0 unspecified atom stereocenters. The zero-order valence-corrected chi connectivity index (χ0v) is 12.0. The highest BCUT2D eigenvalue weighted by atomic mass is 16.4. The topological polar surface area (TPSA) is 92.4 Å².